The molecule has 20 heavy (non-hydrogen) atoms. The van der Waals surface area contributed by atoms with Crippen molar-refractivity contribution in [3.8, 4) is 11.5 Å². The summed E-state index contributed by atoms with van der Waals surface area (Å²) in [6.45, 7) is 4.03. The van der Waals surface area contributed by atoms with E-state index < -0.39 is 0 Å². The molecule has 0 aliphatic carbocycles. The van der Waals surface area contributed by atoms with Crippen molar-refractivity contribution in [2.45, 2.75) is 19.9 Å². The van der Waals surface area contributed by atoms with Crippen LogP contribution in [0.1, 0.15) is 24.1 Å². The molecule has 2 aromatic rings. The number of phenolic OH excluding ortho intramolecular Hbond substituents is 1. The fourth-order valence-electron chi connectivity index (χ4n) is 2.04. The van der Waals surface area contributed by atoms with E-state index in [1.54, 1.807) is 6.07 Å². The van der Waals surface area contributed by atoms with Crippen LogP contribution in [0.25, 0.3) is 0 Å². The molecular formula is C16H18ClNO2. The van der Waals surface area contributed by atoms with E-state index in [0.717, 1.165) is 21.8 Å². The predicted octanol–water partition coefficient (Wildman–Crippen LogP) is 4.54. The molecule has 0 bridgehead atoms. The van der Waals surface area contributed by atoms with E-state index in [1.165, 1.54) is 7.11 Å². The number of benzene rings is 2. The topological polar surface area (TPSA) is 41.5 Å². The first-order valence-electron chi connectivity index (χ1n) is 6.41. The van der Waals surface area contributed by atoms with Gasteiger partial charge in [-0.2, -0.15) is 0 Å². The maximum Gasteiger partial charge on any atom is 0.160 e. The van der Waals surface area contributed by atoms with Crippen LogP contribution in [0.4, 0.5) is 5.69 Å². The summed E-state index contributed by atoms with van der Waals surface area (Å²) in [6, 6.07) is 11.2. The summed E-state index contributed by atoms with van der Waals surface area (Å²) in [5.74, 6) is 0.612. The molecule has 0 radical (unpaired) electrons. The summed E-state index contributed by atoms with van der Waals surface area (Å²) >= 11 is 6.12. The van der Waals surface area contributed by atoms with Crippen LogP contribution in [0.5, 0.6) is 11.5 Å². The second-order valence-electron chi connectivity index (χ2n) is 4.71. The van der Waals surface area contributed by atoms with Gasteiger partial charge in [0.2, 0.25) is 0 Å². The van der Waals surface area contributed by atoms with Crippen molar-refractivity contribution in [3.63, 3.8) is 0 Å². The molecule has 0 aliphatic rings. The van der Waals surface area contributed by atoms with Gasteiger partial charge in [0.15, 0.2) is 11.5 Å². The first-order chi connectivity index (χ1) is 9.52. The molecule has 2 aromatic carbocycles. The minimum absolute atomic E-state index is 0.0710. The number of hydrogen-bond donors (Lipinski definition) is 2. The maximum atomic E-state index is 9.62. The summed E-state index contributed by atoms with van der Waals surface area (Å²) in [5, 5.41) is 13.8. The third kappa shape index (κ3) is 2.99. The zero-order chi connectivity index (χ0) is 14.7. The predicted molar refractivity (Wildman–Crippen MR) is 82.9 cm³/mol. The van der Waals surface area contributed by atoms with Crippen LogP contribution in [-0.2, 0) is 0 Å². The molecule has 0 aliphatic heterocycles. The minimum Gasteiger partial charge on any atom is -0.504 e. The monoisotopic (exact) mass is 291 g/mol. The minimum atomic E-state index is 0.0710. The van der Waals surface area contributed by atoms with Gasteiger partial charge in [0.05, 0.1) is 7.11 Å². The van der Waals surface area contributed by atoms with Crippen LogP contribution in [0.2, 0.25) is 5.02 Å². The van der Waals surface area contributed by atoms with Gasteiger partial charge in [-0.3, -0.25) is 0 Å². The number of rotatable bonds is 4. The van der Waals surface area contributed by atoms with Crippen molar-refractivity contribution < 1.29 is 9.84 Å². The molecule has 0 fully saturated rings. The zero-order valence-electron chi connectivity index (χ0n) is 11.8. The van der Waals surface area contributed by atoms with Crippen molar-refractivity contribution in [2.75, 3.05) is 12.4 Å². The molecule has 2 rings (SSSR count). The molecule has 2 N–H and O–H groups in total. The second kappa shape index (κ2) is 6.06. The fourth-order valence-corrected chi connectivity index (χ4v) is 2.22. The van der Waals surface area contributed by atoms with Gasteiger partial charge in [0.25, 0.3) is 0 Å². The maximum absolute atomic E-state index is 9.62. The van der Waals surface area contributed by atoms with Gasteiger partial charge in [-0.15, -0.1) is 0 Å². The van der Waals surface area contributed by atoms with Crippen molar-refractivity contribution in [1.29, 1.82) is 0 Å². The van der Waals surface area contributed by atoms with Gasteiger partial charge in [-0.1, -0.05) is 23.7 Å². The van der Waals surface area contributed by atoms with Crippen molar-refractivity contribution >= 4 is 17.3 Å². The first kappa shape index (κ1) is 14.5. The van der Waals surface area contributed by atoms with Crippen molar-refractivity contribution in [1.82, 2.24) is 0 Å². The second-order valence-corrected chi connectivity index (χ2v) is 5.12. The Bertz CT molecular complexity index is 613. The normalized spacial score (nSPS) is 12.0. The highest BCUT2D eigenvalue weighted by molar-refractivity contribution is 6.31. The van der Waals surface area contributed by atoms with Crippen LogP contribution in [0.15, 0.2) is 36.4 Å². The van der Waals surface area contributed by atoms with Crippen molar-refractivity contribution in [3.05, 3.63) is 52.5 Å². The number of nitrogens with one attached hydrogen (secondary N) is 1. The van der Waals surface area contributed by atoms with Gasteiger partial charge in [-0.25, -0.2) is 0 Å². The lowest BCUT2D eigenvalue weighted by atomic mass is 10.1. The van der Waals surface area contributed by atoms with Gasteiger partial charge in [-0.05, 0) is 49.2 Å². The van der Waals surface area contributed by atoms with Crippen LogP contribution in [0, 0.1) is 6.92 Å². The summed E-state index contributed by atoms with van der Waals surface area (Å²) < 4.78 is 5.13. The highest BCUT2D eigenvalue weighted by Gasteiger charge is 2.11. The molecule has 4 heteroatoms. The van der Waals surface area contributed by atoms with Gasteiger partial charge < -0.3 is 15.2 Å². The highest BCUT2D eigenvalue weighted by atomic mass is 35.5. The van der Waals surface area contributed by atoms with E-state index in [2.05, 4.69) is 5.32 Å². The molecule has 0 aromatic heterocycles. The lowest BCUT2D eigenvalue weighted by Gasteiger charge is -2.19. The number of phenols is 1. The summed E-state index contributed by atoms with van der Waals surface area (Å²) in [4.78, 5) is 0. The lowest BCUT2D eigenvalue weighted by molar-refractivity contribution is 0.373. The Hall–Kier alpha value is -1.87. The van der Waals surface area contributed by atoms with E-state index in [1.807, 2.05) is 44.2 Å². The fraction of sp³-hybridized carbons (Fsp3) is 0.250. The van der Waals surface area contributed by atoms with Gasteiger partial charge >= 0.3 is 0 Å². The number of anilines is 1. The van der Waals surface area contributed by atoms with Gasteiger partial charge in [0, 0.05) is 16.8 Å². The molecule has 0 saturated heterocycles. The van der Waals surface area contributed by atoms with Crippen LogP contribution in [-0.4, -0.2) is 12.2 Å². The quantitative estimate of drug-likeness (QED) is 0.869. The Balaban J connectivity index is 2.24. The number of methoxy groups -OCH3 is 1. The molecule has 106 valence electrons. The molecule has 0 amide bonds. The molecule has 0 saturated carbocycles. The van der Waals surface area contributed by atoms with Crippen molar-refractivity contribution in [2.24, 2.45) is 0 Å². The number of halogens is 1. The largest absolute Gasteiger partial charge is 0.504 e. The zero-order valence-corrected chi connectivity index (χ0v) is 12.5. The highest BCUT2D eigenvalue weighted by Crippen LogP contribution is 2.31. The molecule has 0 heterocycles. The lowest BCUT2D eigenvalue weighted by Crippen LogP contribution is -2.08. The smallest absolute Gasteiger partial charge is 0.160 e. The summed E-state index contributed by atoms with van der Waals surface area (Å²) in [6.07, 6.45) is 0. The average Bonchev–Trinajstić information content (AvgIpc) is 2.44. The SMILES string of the molecule is COc1cc(C(C)Nc2cccc(Cl)c2C)ccc1O. The Morgan fingerprint density at radius 2 is 2.00 bits per heavy atom. The van der Waals surface area contributed by atoms with E-state index in [0.29, 0.717) is 5.75 Å². The Kier molecular flexibility index (Phi) is 4.40. The Morgan fingerprint density at radius 1 is 1.25 bits per heavy atom. The average molecular weight is 292 g/mol. The van der Waals surface area contributed by atoms with Crippen LogP contribution >= 0.6 is 11.6 Å². The Labute approximate surface area is 124 Å². The number of ether oxygens (including phenoxy) is 1. The van der Waals surface area contributed by atoms with E-state index >= 15 is 0 Å². The standard InChI is InChI=1S/C16H18ClNO2/c1-10-13(17)5-4-6-14(10)18-11(2)12-7-8-15(19)16(9-12)20-3/h4-9,11,18-19H,1-3H3. The van der Waals surface area contributed by atoms with E-state index in [4.69, 9.17) is 16.3 Å². The molecule has 0 spiro atoms. The van der Waals surface area contributed by atoms with E-state index in [-0.39, 0.29) is 11.8 Å². The molecule has 3 nitrogen and oxygen atoms in total. The number of aromatic hydroxyl groups is 1. The molecule has 1 unspecified atom stereocenters. The summed E-state index contributed by atoms with van der Waals surface area (Å²) in [5.41, 5.74) is 3.04. The first-order valence-corrected chi connectivity index (χ1v) is 6.79. The summed E-state index contributed by atoms with van der Waals surface area (Å²) in [7, 11) is 1.54. The van der Waals surface area contributed by atoms with Gasteiger partial charge in [0.1, 0.15) is 0 Å². The Morgan fingerprint density at radius 3 is 2.70 bits per heavy atom. The van der Waals surface area contributed by atoms with E-state index in [9.17, 15) is 5.11 Å². The number of hydrogen-bond acceptors (Lipinski definition) is 3. The third-order valence-corrected chi connectivity index (χ3v) is 3.75. The third-order valence-electron chi connectivity index (χ3n) is 3.34. The molecule has 1 atom stereocenters. The van der Waals surface area contributed by atoms with Crippen LogP contribution < -0.4 is 10.1 Å². The molecular weight excluding hydrogens is 274 g/mol. The van der Waals surface area contributed by atoms with Crippen LogP contribution in [0.3, 0.4) is 0 Å².